The summed E-state index contributed by atoms with van der Waals surface area (Å²) in [6.07, 6.45) is 0. The fourth-order valence-corrected chi connectivity index (χ4v) is 1.27. The van der Waals surface area contributed by atoms with Gasteiger partial charge in [0, 0.05) is 10.9 Å². The van der Waals surface area contributed by atoms with E-state index in [9.17, 15) is 5.11 Å². The minimum absolute atomic E-state index is 0.363. The molecule has 0 aliphatic carbocycles. The van der Waals surface area contributed by atoms with Crippen LogP contribution in [-0.4, -0.2) is 5.11 Å². The highest BCUT2D eigenvalue weighted by Crippen LogP contribution is 2.20. The van der Waals surface area contributed by atoms with Gasteiger partial charge in [0.1, 0.15) is 5.75 Å². The molecule has 0 unspecified atom stereocenters. The van der Waals surface area contributed by atoms with E-state index in [1.807, 2.05) is 19.1 Å². The third kappa shape index (κ3) is 1.51. The summed E-state index contributed by atoms with van der Waals surface area (Å²) in [5, 5.41) is 9.91. The summed E-state index contributed by atoms with van der Waals surface area (Å²) in [4.78, 5) is 0. The van der Waals surface area contributed by atoms with E-state index in [0.29, 0.717) is 11.1 Å². The third-order valence-electron chi connectivity index (χ3n) is 1.38. The van der Waals surface area contributed by atoms with E-state index in [1.54, 1.807) is 6.07 Å². The van der Waals surface area contributed by atoms with Gasteiger partial charge in [-0.3, -0.25) is 0 Å². The summed E-state index contributed by atoms with van der Waals surface area (Å²) in [6, 6.07) is 5.57. The standard InChI is InChI=1S/C8H9BrO/c1-6-2-3-8(10)7(4-6)5-9/h2-4,10H,5H2,1H3. The molecule has 0 atom stereocenters. The predicted molar refractivity (Wildman–Crippen MR) is 45.5 cm³/mol. The van der Waals surface area contributed by atoms with Gasteiger partial charge < -0.3 is 5.11 Å². The number of phenolic OH excluding ortho intramolecular Hbond substituents is 1. The first-order chi connectivity index (χ1) is 4.74. The maximum absolute atomic E-state index is 9.20. The molecule has 1 aromatic rings. The van der Waals surface area contributed by atoms with Gasteiger partial charge in [-0.15, -0.1) is 0 Å². The number of aryl methyl sites for hydroxylation is 1. The molecule has 0 aliphatic heterocycles. The van der Waals surface area contributed by atoms with Gasteiger partial charge in [0.15, 0.2) is 0 Å². The van der Waals surface area contributed by atoms with Crippen molar-refractivity contribution in [3.63, 3.8) is 0 Å². The van der Waals surface area contributed by atoms with E-state index in [-0.39, 0.29) is 0 Å². The summed E-state index contributed by atoms with van der Waals surface area (Å²) in [6.45, 7) is 2.01. The number of rotatable bonds is 1. The molecule has 0 heterocycles. The van der Waals surface area contributed by atoms with Gasteiger partial charge in [0.2, 0.25) is 0 Å². The van der Waals surface area contributed by atoms with Gasteiger partial charge >= 0.3 is 0 Å². The van der Waals surface area contributed by atoms with Crippen LogP contribution in [0.1, 0.15) is 11.1 Å². The predicted octanol–water partition coefficient (Wildman–Crippen LogP) is 2.60. The van der Waals surface area contributed by atoms with Crippen molar-refractivity contribution in [2.75, 3.05) is 0 Å². The minimum atomic E-state index is 0.363. The third-order valence-corrected chi connectivity index (χ3v) is 1.98. The Hall–Kier alpha value is -0.500. The summed E-state index contributed by atoms with van der Waals surface area (Å²) >= 11 is 3.28. The van der Waals surface area contributed by atoms with Crippen LogP contribution in [0.3, 0.4) is 0 Å². The van der Waals surface area contributed by atoms with Crippen LogP contribution in [0.5, 0.6) is 5.75 Å². The Labute approximate surface area is 68.8 Å². The zero-order valence-electron chi connectivity index (χ0n) is 5.76. The van der Waals surface area contributed by atoms with Crippen molar-refractivity contribution in [2.45, 2.75) is 12.3 Å². The largest absolute Gasteiger partial charge is 0.508 e. The number of hydrogen-bond acceptors (Lipinski definition) is 1. The van der Waals surface area contributed by atoms with Crippen LogP contribution >= 0.6 is 15.9 Å². The average Bonchev–Trinajstić information content (AvgIpc) is 1.94. The molecule has 0 fully saturated rings. The Bertz CT molecular complexity index is 233. The number of alkyl halides is 1. The molecular weight excluding hydrogens is 192 g/mol. The van der Waals surface area contributed by atoms with Crippen molar-refractivity contribution in [3.05, 3.63) is 29.3 Å². The molecule has 1 N–H and O–H groups in total. The molecule has 0 amide bonds. The summed E-state index contributed by atoms with van der Waals surface area (Å²) < 4.78 is 0. The summed E-state index contributed by atoms with van der Waals surface area (Å²) in [5.74, 6) is 0.363. The number of benzene rings is 1. The highest BCUT2D eigenvalue weighted by Gasteiger charge is 1.97. The van der Waals surface area contributed by atoms with Crippen LogP contribution < -0.4 is 0 Å². The Morgan fingerprint density at radius 3 is 2.70 bits per heavy atom. The van der Waals surface area contributed by atoms with Crippen LogP contribution in [0.2, 0.25) is 0 Å². The molecule has 1 aromatic carbocycles. The molecule has 10 heavy (non-hydrogen) atoms. The molecule has 0 aliphatic rings. The Morgan fingerprint density at radius 1 is 1.50 bits per heavy atom. The molecule has 0 aromatic heterocycles. The van der Waals surface area contributed by atoms with Crippen molar-refractivity contribution in [2.24, 2.45) is 0 Å². The lowest BCUT2D eigenvalue weighted by molar-refractivity contribution is 0.470. The fourth-order valence-electron chi connectivity index (χ4n) is 0.821. The molecule has 0 bridgehead atoms. The topological polar surface area (TPSA) is 20.2 Å². The molecule has 1 nitrogen and oxygen atoms in total. The first kappa shape index (κ1) is 7.61. The van der Waals surface area contributed by atoms with E-state index in [0.717, 1.165) is 5.56 Å². The lowest BCUT2D eigenvalue weighted by atomic mass is 10.1. The van der Waals surface area contributed by atoms with E-state index >= 15 is 0 Å². The Kier molecular flexibility index (Phi) is 2.33. The number of halogens is 1. The highest BCUT2D eigenvalue weighted by atomic mass is 79.9. The van der Waals surface area contributed by atoms with Gasteiger partial charge in [-0.05, 0) is 13.0 Å². The molecule has 0 saturated heterocycles. The molecule has 1 rings (SSSR count). The van der Waals surface area contributed by atoms with Crippen molar-refractivity contribution < 1.29 is 5.11 Å². The van der Waals surface area contributed by atoms with Gasteiger partial charge in [-0.1, -0.05) is 33.6 Å². The van der Waals surface area contributed by atoms with E-state index in [2.05, 4.69) is 15.9 Å². The van der Waals surface area contributed by atoms with Gasteiger partial charge in [0.25, 0.3) is 0 Å². The quantitative estimate of drug-likeness (QED) is 0.692. The second-order valence-electron chi connectivity index (χ2n) is 2.27. The molecule has 0 saturated carbocycles. The van der Waals surface area contributed by atoms with E-state index in [1.165, 1.54) is 5.56 Å². The number of phenols is 1. The zero-order chi connectivity index (χ0) is 7.56. The molecular formula is C8H9BrO. The second-order valence-corrected chi connectivity index (χ2v) is 2.83. The van der Waals surface area contributed by atoms with Crippen LogP contribution in [0, 0.1) is 6.92 Å². The molecule has 0 radical (unpaired) electrons. The first-order valence-electron chi connectivity index (χ1n) is 3.08. The Morgan fingerprint density at radius 2 is 2.20 bits per heavy atom. The maximum atomic E-state index is 9.20. The van der Waals surface area contributed by atoms with E-state index in [4.69, 9.17) is 0 Å². The molecule has 0 spiro atoms. The second kappa shape index (κ2) is 3.06. The number of hydrogen-bond donors (Lipinski definition) is 1. The molecule has 2 heteroatoms. The normalized spacial score (nSPS) is 9.80. The van der Waals surface area contributed by atoms with Crippen molar-refractivity contribution in [1.29, 1.82) is 0 Å². The minimum Gasteiger partial charge on any atom is -0.508 e. The van der Waals surface area contributed by atoms with Gasteiger partial charge in [-0.2, -0.15) is 0 Å². The van der Waals surface area contributed by atoms with Crippen molar-refractivity contribution in [1.82, 2.24) is 0 Å². The Balaban J connectivity index is 3.09. The highest BCUT2D eigenvalue weighted by molar-refractivity contribution is 9.08. The van der Waals surface area contributed by atoms with Gasteiger partial charge in [-0.25, -0.2) is 0 Å². The zero-order valence-corrected chi connectivity index (χ0v) is 7.35. The monoisotopic (exact) mass is 200 g/mol. The average molecular weight is 201 g/mol. The van der Waals surface area contributed by atoms with Crippen LogP contribution in [0.25, 0.3) is 0 Å². The van der Waals surface area contributed by atoms with Crippen molar-refractivity contribution in [3.8, 4) is 5.75 Å². The first-order valence-corrected chi connectivity index (χ1v) is 4.20. The number of aromatic hydroxyl groups is 1. The smallest absolute Gasteiger partial charge is 0.119 e. The fraction of sp³-hybridized carbons (Fsp3) is 0.250. The van der Waals surface area contributed by atoms with Gasteiger partial charge in [0.05, 0.1) is 0 Å². The maximum Gasteiger partial charge on any atom is 0.119 e. The lowest BCUT2D eigenvalue weighted by Gasteiger charge is -2.00. The van der Waals surface area contributed by atoms with Crippen molar-refractivity contribution >= 4 is 15.9 Å². The van der Waals surface area contributed by atoms with Crippen LogP contribution in [0.4, 0.5) is 0 Å². The van der Waals surface area contributed by atoms with Crippen LogP contribution in [-0.2, 0) is 5.33 Å². The molecule has 54 valence electrons. The SMILES string of the molecule is Cc1ccc(O)c(CBr)c1. The van der Waals surface area contributed by atoms with E-state index < -0.39 is 0 Å². The summed E-state index contributed by atoms with van der Waals surface area (Å²) in [5.41, 5.74) is 2.12. The van der Waals surface area contributed by atoms with Crippen LogP contribution in [0.15, 0.2) is 18.2 Å². The lowest BCUT2D eigenvalue weighted by Crippen LogP contribution is -1.79. The summed E-state index contributed by atoms with van der Waals surface area (Å²) in [7, 11) is 0.